The van der Waals surface area contributed by atoms with Crippen molar-refractivity contribution < 1.29 is 9.53 Å². The maximum atomic E-state index is 11.0. The van der Waals surface area contributed by atoms with Gasteiger partial charge in [-0.25, -0.2) is 4.98 Å². The summed E-state index contributed by atoms with van der Waals surface area (Å²) < 4.78 is 4.99. The van der Waals surface area contributed by atoms with Gasteiger partial charge in [-0.1, -0.05) is 6.07 Å². The molecule has 2 rings (SSSR count). The van der Waals surface area contributed by atoms with Crippen molar-refractivity contribution in [3.8, 4) is 5.88 Å². The lowest BCUT2D eigenvalue weighted by Gasteiger charge is -2.10. The number of ether oxygens (including phenoxy) is 1. The summed E-state index contributed by atoms with van der Waals surface area (Å²) in [6.07, 6.45) is 1.72. The lowest BCUT2D eigenvalue weighted by molar-refractivity contribution is 0.100. The summed E-state index contributed by atoms with van der Waals surface area (Å²) in [7, 11) is 1.57. The molecular weight excluding hydrogens is 256 g/mol. The molecule has 0 fully saturated rings. The van der Waals surface area contributed by atoms with E-state index in [1.165, 1.54) is 0 Å². The number of nitrogens with zero attached hydrogens (tertiary/aromatic N) is 1. The van der Waals surface area contributed by atoms with Crippen LogP contribution in [0, 0.1) is 0 Å². The fourth-order valence-corrected chi connectivity index (χ4v) is 1.71. The highest BCUT2D eigenvalue weighted by molar-refractivity contribution is 5.94. The Morgan fingerprint density at radius 2 is 2.15 bits per heavy atom. The number of hydrogen-bond acceptors (Lipinski definition) is 5. The van der Waals surface area contributed by atoms with E-state index in [2.05, 4.69) is 10.3 Å². The zero-order valence-corrected chi connectivity index (χ0v) is 11.1. The van der Waals surface area contributed by atoms with Crippen LogP contribution in [0.2, 0.25) is 0 Å². The van der Waals surface area contributed by atoms with Gasteiger partial charge in [0.15, 0.2) is 0 Å². The minimum atomic E-state index is -0.498. The smallest absolute Gasteiger partial charge is 0.248 e. The summed E-state index contributed by atoms with van der Waals surface area (Å²) in [6.45, 7) is 0.567. The van der Waals surface area contributed by atoms with E-state index in [9.17, 15) is 4.79 Å². The molecule has 6 nitrogen and oxygen atoms in total. The maximum absolute atomic E-state index is 11.0. The first-order chi connectivity index (χ1) is 9.60. The normalized spacial score (nSPS) is 10.1. The van der Waals surface area contributed by atoms with Crippen molar-refractivity contribution in [2.45, 2.75) is 6.54 Å². The van der Waals surface area contributed by atoms with E-state index in [1.54, 1.807) is 37.6 Å². The topological polar surface area (TPSA) is 103 Å². The van der Waals surface area contributed by atoms with Crippen molar-refractivity contribution in [2.24, 2.45) is 5.73 Å². The molecule has 0 aliphatic heterocycles. The predicted molar refractivity (Wildman–Crippen MR) is 77.5 cm³/mol. The van der Waals surface area contributed by atoms with Crippen LogP contribution < -0.4 is 21.5 Å². The molecule has 0 saturated heterocycles. The second-order valence-electron chi connectivity index (χ2n) is 4.23. The van der Waals surface area contributed by atoms with Crippen molar-refractivity contribution in [3.63, 3.8) is 0 Å². The van der Waals surface area contributed by atoms with E-state index in [0.717, 1.165) is 11.3 Å². The number of hydrogen-bond donors (Lipinski definition) is 3. The van der Waals surface area contributed by atoms with Gasteiger partial charge in [-0.05, 0) is 23.8 Å². The number of methoxy groups -OCH3 is 1. The molecule has 5 N–H and O–H groups in total. The summed E-state index contributed by atoms with van der Waals surface area (Å²) in [6, 6.07) is 8.61. The van der Waals surface area contributed by atoms with Crippen LogP contribution in [-0.4, -0.2) is 18.0 Å². The van der Waals surface area contributed by atoms with Gasteiger partial charge in [-0.3, -0.25) is 4.79 Å². The second kappa shape index (κ2) is 5.92. The third-order valence-electron chi connectivity index (χ3n) is 2.83. The number of nitrogens with one attached hydrogen (secondary N) is 1. The first-order valence-corrected chi connectivity index (χ1v) is 6.02. The van der Waals surface area contributed by atoms with Gasteiger partial charge in [0.1, 0.15) is 0 Å². The Hall–Kier alpha value is -2.76. The van der Waals surface area contributed by atoms with Crippen LogP contribution >= 0.6 is 0 Å². The van der Waals surface area contributed by atoms with Gasteiger partial charge in [0, 0.05) is 24.4 Å². The van der Waals surface area contributed by atoms with Gasteiger partial charge < -0.3 is 21.5 Å². The van der Waals surface area contributed by atoms with Gasteiger partial charge in [-0.15, -0.1) is 0 Å². The molecule has 1 aromatic carbocycles. The number of benzene rings is 1. The van der Waals surface area contributed by atoms with Crippen LogP contribution in [0.25, 0.3) is 0 Å². The summed E-state index contributed by atoms with van der Waals surface area (Å²) in [5.74, 6) is 0.0710. The minimum Gasteiger partial charge on any atom is -0.481 e. The largest absolute Gasteiger partial charge is 0.481 e. The zero-order chi connectivity index (χ0) is 14.5. The molecule has 0 atom stereocenters. The molecule has 6 heteroatoms. The number of nitrogen functional groups attached to an aromatic ring is 1. The van der Waals surface area contributed by atoms with Crippen LogP contribution in [0.4, 0.5) is 11.4 Å². The number of rotatable bonds is 5. The van der Waals surface area contributed by atoms with Gasteiger partial charge in [0.25, 0.3) is 0 Å². The summed E-state index contributed by atoms with van der Waals surface area (Å²) >= 11 is 0. The van der Waals surface area contributed by atoms with Crippen molar-refractivity contribution in [1.82, 2.24) is 4.98 Å². The zero-order valence-electron chi connectivity index (χ0n) is 11.1. The van der Waals surface area contributed by atoms with E-state index < -0.39 is 5.91 Å². The van der Waals surface area contributed by atoms with Crippen molar-refractivity contribution in [1.29, 1.82) is 0 Å². The molecule has 0 spiro atoms. The monoisotopic (exact) mass is 272 g/mol. The Morgan fingerprint density at radius 1 is 1.35 bits per heavy atom. The second-order valence-corrected chi connectivity index (χ2v) is 4.23. The molecule has 1 heterocycles. The molecule has 0 unspecified atom stereocenters. The highest BCUT2D eigenvalue weighted by Gasteiger charge is 2.05. The van der Waals surface area contributed by atoms with Crippen LogP contribution in [-0.2, 0) is 6.54 Å². The fraction of sp³-hybridized carbons (Fsp3) is 0.143. The number of amides is 1. The summed E-state index contributed by atoms with van der Waals surface area (Å²) in [4.78, 5) is 15.1. The van der Waals surface area contributed by atoms with Crippen LogP contribution in [0.3, 0.4) is 0 Å². The molecular formula is C14H16N4O2. The molecule has 0 bridgehead atoms. The van der Waals surface area contributed by atoms with Gasteiger partial charge in [0.05, 0.1) is 18.5 Å². The molecule has 0 aliphatic carbocycles. The first kappa shape index (κ1) is 13.7. The number of aromatic nitrogens is 1. The Bertz CT molecular complexity index is 611. The number of nitrogens with two attached hydrogens (primary N) is 2. The number of carbonyl (C=O) groups excluding carboxylic acids is 1. The van der Waals surface area contributed by atoms with Crippen molar-refractivity contribution >= 4 is 17.3 Å². The van der Waals surface area contributed by atoms with E-state index >= 15 is 0 Å². The number of pyridine rings is 1. The Morgan fingerprint density at radius 3 is 2.70 bits per heavy atom. The third kappa shape index (κ3) is 3.17. The predicted octanol–water partition coefficient (Wildman–Crippen LogP) is 1.38. The molecule has 20 heavy (non-hydrogen) atoms. The van der Waals surface area contributed by atoms with Gasteiger partial charge in [0.2, 0.25) is 11.8 Å². The van der Waals surface area contributed by atoms with Crippen molar-refractivity contribution in [2.75, 3.05) is 18.2 Å². The molecule has 104 valence electrons. The summed E-state index contributed by atoms with van der Waals surface area (Å²) in [5.41, 5.74) is 13.6. The molecule has 2 aromatic rings. The standard InChI is InChI=1S/C14H16N4O2/c1-20-13-5-2-9(8-18-13)7-17-12-4-3-10(14(16)19)6-11(12)15/h2-6,8,17H,7,15H2,1H3,(H2,16,19). The Labute approximate surface area is 116 Å². The fourth-order valence-electron chi connectivity index (χ4n) is 1.71. The van der Waals surface area contributed by atoms with Crippen molar-refractivity contribution in [3.05, 3.63) is 47.7 Å². The highest BCUT2D eigenvalue weighted by atomic mass is 16.5. The lowest BCUT2D eigenvalue weighted by Crippen LogP contribution is -2.12. The van der Waals surface area contributed by atoms with E-state index in [0.29, 0.717) is 23.7 Å². The van der Waals surface area contributed by atoms with E-state index in [4.69, 9.17) is 16.2 Å². The van der Waals surface area contributed by atoms with Crippen LogP contribution in [0.1, 0.15) is 15.9 Å². The lowest BCUT2D eigenvalue weighted by atomic mass is 10.1. The maximum Gasteiger partial charge on any atom is 0.248 e. The molecule has 0 saturated carbocycles. The first-order valence-electron chi connectivity index (χ1n) is 6.02. The molecule has 1 amide bonds. The van der Waals surface area contributed by atoms with Crippen LogP contribution in [0.15, 0.2) is 36.5 Å². The van der Waals surface area contributed by atoms with E-state index in [-0.39, 0.29) is 0 Å². The Kier molecular flexibility index (Phi) is 4.05. The minimum absolute atomic E-state index is 0.388. The highest BCUT2D eigenvalue weighted by Crippen LogP contribution is 2.20. The average Bonchev–Trinajstić information content (AvgIpc) is 2.46. The van der Waals surface area contributed by atoms with E-state index in [1.807, 2.05) is 6.07 Å². The number of anilines is 2. The number of carbonyl (C=O) groups is 1. The average molecular weight is 272 g/mol. The number of primary amides is 1. The Balaban J connectivity index is 2.04. The SMILES string of the molecule is COc1ccc(CNc2ccc(C(N)=O)cc2N)cn1. The molecule has 0 aliphatic rings. The van der Waals surface area contributed by atoms with Gasteiger partial charge >= 0.3 is 0 Å². The van der Waals surface area contributed by atoms with Gasteiger partial charge in [-0.2, -0.15) is 0 Å². The molecule has 0 radical (unpaired) electrons. The summed E-state index contributed by atoms with van der Waals surface area (Å²) in [5, 5.41) is 3.17. The van der Waals surface area contributed by atoms with Crippen LogP contribution in [0.5, 0.6) is 5.88 Å². The molecule has 1 aromatic heterocycles. The third-order valence-corrected chi connectivity index (χ3v) is 2.83. The quantitative estimate of drug-likeness (QED) is 0.713.